The molecule has 1 aliphatic heterocycles. The first-order chi connectivity index (χ1) is 9.99. The number of carbonyl (C=O) groups excluding carboxylic acids is 2. The zero-order valence-electron chi connectivity index (χ0n) is 11.4. The van der Waals surface area contributed by atoms with E-state index in [0.29, 0.717) is 18.6 Å². The normalized spacial score (nSPS) is 19.2. The van der Waals surface area contributed by atoms with Crippen LogP contribution in [0.4, 0.5) is 4.79 Å². The summed E-state index contributed by atoms with van der Waals surface area (Å²) in [5.41, 5.74) is 0.882. The molecule has 0 aromatic heterocycles. The molecule has 0 saturated carbocycles. The molecule has 2 atom stereocenters. The summed E-state index contributed by atoms with van der Waals surface area (Å²) in [5.74, 6) is -0.811. The zero-order valence-corrected chi connectivity index (χ0v) is 12.2. The molecule has 2 unspecified atom stereocenters. The number of rotatable bonds is 6. The van der Waals surface area contributed by atoms with E-state index in [1.165, 1.54) is 0 Å². The van der Waals surface area contributed by atoms with Crippen molar-refractivity contribution in [1.29, 1.82) is 0 Å². The molecule has 1 saturated heterocycles. The van der Waals surface area contributed by atoms with Crippen LogP contribution in [0.15, 0.2) is 24.3 Å². The number of carboxylic acids is 1. The zero-order chi connectivity index (χ0) is 15.4. The Kier molecular flexibility index (Phi) is 4.85. The molecule has 0 spiro atoms. The van der Waals surface area contributed by atoms with Gasteiger partial charge in [-0.1, -0.05) is 30.8 Å². The van der Waals surface area contributed by atoms with Gasteiger partial charge in [-0.3, -0.25) is 14.9 Å². The van der Waals surface area contributed by atoms with Crippen molar-refractivity contribution in [3.05, 3.63) is 29.8 Å². The molecule has 1 aliphatic rings. The molecular weight excluding hydrogens is 294 g/mol. The highest BCUT2D eigenvalue weighted by atomic mass is 32.2. The molecule has 7 heteroatoms. The van der Waals surface area contributed by atoms with Crippen molar-refractivity contribution in [3.63, 3.8) is 0 Å². The predicted molar refractivity (Wildman–Crippen MR) is 77.4 cm³/mol. The molecule has 1 fully saturated rings. The minimum atomic E-state index is -1.00. The predicted octanol–water partition coefficient (Wildman–Crippen LogP) is 1.82. The van der Waals surface area contributed by atoms with E-state index in [1.54, 1.807) is 31.2 Å². The van der Waals surface area contributed by atoms with Gasteiger partial charge in [0, 0.05) is 0 Å². The van der Waals surface area contributed by atoms with Gasteiger partial charge >= 0.3 is 5.97 Å². The van der Waals surface area contributed by atoms with Crippen molar-refractivity contribution in [2.45, 2.75) is 31.1 Å². The third-order valence-electron chi connectivity index (χ3n) is 3.04. The van der Waals surface area contributed by atoms with Gasteiger partial charge in [-0.25, -0.2) is 4.79 Å². The van der Waals surface area contributed by atoms with Crippen molar-refractivity contribution in [2.24, 2.45) is 0 Å². The molecule has 0 aliphatic carbocycles. The van der Waals surface area contributed by atoms with Crippen molar-refractivity contribution in [2.75, 3.05) is 0 Å². The van der Waals surface area contributed by atoms with Gasteiger partial charge in [0.25, 0.3) is 5.24 Å². The van der Waals surface area contributed by atoms with Crippen LogP contribution in [0.3, 0.4) is 0 Å². The first-order valence-corrected chi connectivity index (χ1v) is 7.37. The Balaban J connectivity index is 1.97. The number of ether oxygens (including phenoxy) is 1. The van der Waals surface area contributed by atoms with E-state index in [4.69, 9.17) is 9.84 Å². The molecule has 21 heavy (non-hydrogen) atoms. The maximum Gasteiger partial charge on any atom is 0.344 e. The summed E-state index contributed by atoms with van der Waals surface area (Å²) in [5, 5.41) is 10.4. The van der Waals surface area contributed by atoms with E-state index in [9.17, 15) is 14.4 Å². The smallest absolute Gasteiger partial charge is 0.344 e. The molecule has 2 N–H and O–H groups in total. The molecule has 1 heterocycles. The van der Waals surface area contributed by atoms with E-state index in [1.807, 2.05) is 0 Å². The molecular formula is C14H15NO5S. The van der Waals surface area contributed by atoms with Crippen LogP contribution in [-0.4, -0.2) is 33.6 Å². The van der Waals surface area contributed by atoms with Gasteiger partial charge in [0.2, 0.25) is 5.91 Å². The van der Waals surface area contributed by atoms with Crippen LogP contribution in [0.5, 0.6) is 5.75 Å². The van der Waals surface area contributed by atoms with E-state index < -0.39 is 17.3 Å². The van der Waals surface area contributed by atoms with Crippen LogP contribution in [0.1, 0.15) is 18.9 Å². The Labute approximate surface area is 125 Å². The maximum absolute atomic E-state index is 11.5. The first-order valence-electron chi connectivity index (χ1n) is 6.49. The average Bonchev–Trinajstić information content (AvgIpc) is 2.75. The maximum atomic E-state index is 11.5. The average molecular weight is 309 g/mol. The van der Waals surface area contributed by atoms with Gasteiger partial charge in [0.1, 0.15) is 5.75 Å². The molecule has 0 bridgehead atoms. The fourth-order valence-electron chi connectivity index (χ4n) is 1.92. The number of hydrogen-bond donors (Lipinski definition) is 2. The highest BCUT2D eigenvalue weighted by Gasteiger charge is 2.31. The Morgan fingerprint density at radius 2 is 2.05 bits per heavy atom. The van der Waals surface area contributed by atoms with Crippen LogP contribution in [0.2, 0.25) is 0 Å². The summed E-state index contributed by atoms with van der Waals surface area (Å²) in [6.45, 7) is 1.74. The third-order valence-corrected chi connectivity index (χ3v) is 4.02. The number of nitrogens with one attached hydrogen (secondary N) is 1. The number of carboxylic acid groups (broad SMARTS) is 1. The summed E-state index contributed by atoms with van der Waals surface area (Å²) in [4.78, 5) is 33.4. The minimum Gasteiger partial charge on any atom is -0.479 e. The second-order valence-electron chi connectivity index (χ2n) is 4.58. The van der Waals surface area contributed by atoms with Crippen LogP contribution in [0.25, 0.3) is 0 Å². The topological polar surface area (TPSA) is 92.7 Å². The van der Waals surface area contributed by atoms with Crippen molar-refractivity contribution < 1.29 is 24.2 Å². The fraction of sp³-hybridized carbons (Fsp3) is 0.357. The number of amides is 2. The van der Waals surface area contributed by atoms with Gasteiger partial charge in [-0.15, -0.1) is 0 Å². The Bertz CT molecular complexity index is 557. The van der Waals surface area contributed by atoms with Crippen LogP contribution >= 0.6 is 11.8 Å². The quantitative estimate of drug-likeness (QED) is 0.832. The Hall–Kier alpha value is -2.02. The van der Waals surface area contributed by atoms with E-state index in [2.05, 4.69) is 5.32 Å². The van der Waals surface area contributed by atoms with Crippen molar-refractivity contribution >= 4 is 28.9 Å². The molecule has 1 aromatic rings. The molecule has 1 aromatic carbocycles. The number of benzene rings is 1. The first kappa shape index (κ1) is 15.4. The SMILES string of the molecule is CCC(Oc1ccc(CC2SC(=O)NC2=O)cc1)C(=O)O. The third kappa shape index (κ3) is 3.98. The highest BCUT2D eigenvalue weighted by molar-refractivity contribution is 8.15. The summed E-state index contributed by atoms with van der Waals surface area (Å²) in [7, 11) is 0. The van der Waals surface area contributed by atoms with Crippen molar-refractivity contribution in [1.82, 2.24) is 5.32 Å². The lowest BCUT2D eigenvalue weighted by molar-refractivity contribution is -0.145. The standard InChI is InChI=1S/C14H15NO5S/c1-2-10(13(17)18)20-9-5-3-8(4-6-9)7-11-12(16)15-14(19)21-11/h3-6,10-11H,2,7H2,1H3,(H,17,18)(H,15,16,19). The molecule has 2 rings (SSSR count). The fourth-order valence-corrected chi connectivity index (χ4v) is 2.78. The summed E-state index contributed by atoms with van der Waals surface area (Å²) in [6, 6.07) is 6.86. The van der Waals surface area contributed by atoms with Gasteiger partial charge < -0.3 is 9.84 Å². The monoisotopic (exact) mass is 309 g/mol. The lowest BCUT2D eigenvalue weighted by Crippen LogP contribution is -2.26. The van der Waals surface area contributed by atoms with Gasteiger partial charge in [0.05, 0.1) is 5.25 Å². The van der Waals surface area contributed by atoms with Gasteiger partial charge in [-0.2, -0.15) is 0 Å². The second kappa shape index (κ2) is 6.62. The van der Waals surface area contributed by atoms with Crippen LogP contribution in [0, 0.1) is 0 Å². The van der Waals surface area contributed by atoms with Crippen molar-refractivity contribution in [3.8, 4) is 5.75 Å². The lowest BCUT2D eigenvalue weighted by Gasteiger charge is -2.13. The van der Waals surface area contributed by atoms with E-state index in [0.717, 1.165) is 17.3 Å². The van der Waals surface area contributed by atoms with E-state index in [-0.39, 0.29) is 11.1 Å². The number of imide groups is 1. The summed E-state index contributed by atoms with van der Waals surface area (Å²) >= 11 is 0.982. The van der Waals surface area contributed by atoms with Gasteiger partial charge in [-0.05, 0) is 30.5 Å². The number of aliphatic carboxylic acids is 1. The van der Waals surface area contributed by atoms with Gasteiger partial charge in [0.15, 0.2) is 6.10 Å². The molecule has 6 nitrogen and oxygen atoms in total. The Morgan fingerprint density at radius 3 is 2.52 bits per heavy atom. The highest BCUT2D eigenvalue weighted by Crippen LogP contribution is 2.24. The minimum absolute atomic E-state index is 0.276. The number of carbonyl (C=O) groups is 3. The van der Waals surface area contributed by atoms with Crippen LogP contribution < -0.4 is 10.1 Å². The molecule has 2 amide bonds. The second-order valence-corrected chi connectivity index (χ2v) is 5.76. The lowest BCUT2D eigenvalue weighted by atomic mass is 10.1. The number of thioether (sulfide) groups is 1. The largest absolute Gasteiger partial charge is 0.479 e. The molecule has 112 valence electrons. The number of hydrogen-bond acceptors (Lipinski definition) is 5. The molecule has 0 radical (unpaired) electrons. The van der Waals surface area contributed by atoms with Crippen LogP contribution in [-0.2, 0) is 16.0 Å². The van der Waals surface area contributed by atoms with E-state index >= 15 is 0 Å². The summed E-state index contributed by atoms with van der Waals surface area (Å²) in [6.07, 6.45) is -0.0545. The Morgan fingerprint density at radius 1 is 1.38 bits per heavy atom. The summed E-state index contributed by atoms with van der Waals surface area (Å²) < 4.78 is 5.35.